The molecule has 6 heteroatoms. The molecule has 3 aromatic rings. The molecule has 0 spiro atoms. The maximum absolute atomic E-state index is 6.19. The molecule has 0 bridgehead atoms. The lowest BCUT2D eigenvalue weighted by Gasteiger charge is -2.09. The molecule has 0 aliphatic heterocycles. The second-order valence-corrected chi connectivity index (χ2v) is 6.65. The van der Waals surface area contributed by atoms with Crippen LogP contribution in [0, 0.1) is 0 Å². The summed E-state index contributed by atoms with van der Waals surface area (Å²) < 4.78 is 5.86. The lowest BCUT2D eigenvalue weighted by Crippen LogP contribution is -2.04. The summed E-state index contributed by atoms with van der Waals surface area (Å²) in [7, 11) is 0. The van der Waals surface area contributed by atoms with E-state index in [1.807, 2.05) is 18.2 Å². The van der Waals surface area contributed by atoms with Crippen molar-refractivity contribution in [2.75, 3.05) is 18.5 Å². The molecule has 0 atom stereocenters. The number of benzene rings is 1. The van der Waals surface area contributed by atoms with Crippen molar-refractivity contribution in [3.8, 4) is 5.75 Å². The van der Waals surface area contributed by atoms with Crippen LogP contribution in [0.5, 0.6) is 5.75 Å². The summed E-state index contributed by atoms with van der Waals surface area (Å²) in [5.41, 5.74) is 0.823. The second kappa shape index (κ2) is 7.27. The maximum Gasteiger partial charge on any atom is 0.130 e. The Labute approximate surface area is 143 Å². The minimum Gasteiger partial charge on any atom is -0.493 e. The van der Waals surface area contributed by atoms with E-state index < -0.39 is 0 Å². The first-order valence-electron chi connectivity index (χ1n) is 7.11. The molecule has 22 heavy (non-hydrogen) atoms. The van der Waals surface area contributed by atoms with E-state index in [1.54, 1.807) is 17.5 Å². The SMILES string of the molecule is Clc1ccc(OCCCCNc2cccs2)c2c(Cl)c[nH]c12. The van der Waals surface area contributed by atoms with E-state index in [0.717, 1.165) is 36.0 Å². The molecule has 116 valence electrons. The highest BCUT2D eigenvalue weighted by atomic mass is 35.5. The summed E-state index contributed by atoms with van der Waals surface area (Å²) in [4.78, 5) is 3.07. The normalized spacial score (nSPS) is 11.0. The summed E-state index contributed by atoms with van der Waals surface area (Å²) in [6, 6.07) is 7.82. The Kier molecular flexibility index (Phi) is 5.13. The monoisotopic (exact) mass is 354 g/mol. The van der Waals surface area contributed by atoms with E-state index >= 15 is 0 Å². The van der Waals surface area contributed by atoms with Crippen molar-refractivity contribution < 1.29 is 4.74 Å². The van der Waals surface area contributed by atoms with Gasteiger partial charge in [0.05, 0.1) is 32.6 Å². The first-order chi connectivity index (χ1) is 10.8. The zero-order chi connectivity index (χ0) is 15.4. The number of anilines is 1. The van der Waals surface area contributed by atoms with Crippen molar-refractivity contribution in [1.82, 2.24) is 4.98 Å². The van der Waals surface area contributed by atoms with Gasteiger partial charge in [-0.1, -0.05) is 23.2 Å². The quantitative estimate of drug-likeness (QED) is 0.525. The van der Waals surface area contributed by atoms with Gasteiger partial charge in [-0.2, -0.15) is 0 Å². The van der Waals surface area contributed by atoms with Gasteiger partial charge in [0.15, 0.2) is 0 Å². The summed E-state index contributed by atoms with van der Waals surface area (Å²) >= 11 is 14.0. The van der Waals surface area contributed by atoms with Crippen LogP contribution in [0.4, 0.5) is 5.00 Å². The number of rotatable bonds is 7. The molecule has 0 fully saturated rings. The Morgan fingerprint density at radius 1 is 1.14 bits per heavy atom. The van der Waals surface area contributed by atoms with Crippen molar-refractivity contribution in [1.29, 1.82) is 0 Å². The molecule has 0 radical (unpaired) electrons. The highest BCUT2D eigenvalue weighted by Crippen LogP contribution is 2.36. The Bertz CT molecular complexity index is 740. The first kappa shape index (κ1) is 15.5. The van der Waals surface area contributed by atoms with E-state index in [9.17, 15) is 0 Å². The van der Waals surface area contributed by atoms with Crippen LogP contribution in [0.25, 0.3) is 10.9 Å². The number of fused-ring (bicyclic) bond motifs is 1. The number of unbranched alkanes of at least 4 members (excludes halogenated alkanes) is 1. The summed E-state index contributed by atoms with van der Waals surface area (Å²) in [6.07, 6.45) is 3.76. The third-order valence-corrected chi connectivity index (χ3v) is 4.79. The molecule has 3 rings (SSSR count). The maximum atomic E-state index is 6.19. The van der Waals surface area contributed by atoms with Crippen LogP contribution < -0.4 is 10.1 Å². The van der Waals surface area contributed by atoms with Crippen LogP contribution in [0.3, 0.4) is 0 Å². The Morgan fingerprint density at radius 2 is 2.05 bits per heavy atom. The van der Waals surface area contributed by atoms with Crippen molar-refractivity contribution in [2.45, 2.75) is 12.8 Å². The number of nitrogens with one attached hydrogen (secondary N) is 2. The van der Waals surface area contributed by atoms with E-state index in [1.165, 1.54) is 5.00 Å². The fourth-order valence-electron chi connectivity index (χ4n) is 2.26. The van der Waals surface area contributed by atoms with Gasteiger partial charge in [-0.3, -0.25) is 0 Å². The van der Waals surface area contributed by atoms with Gasteiger partial charge >= 0.3 is 0 Å². The highest BCUT2D eigenvalue weighted by molar-refractivity contribution is 7.14. The van der Waals surface area contributed by atoms with Crippen LogP contribution in [0.1, 0.15) is 12.8 Å². The molecule has 0 amide bonds. The average molecular weight is 355 g/mol. The molecule has 0 saturated heterocycles. The minimum absolute atomic E-state index is 0.631. The van der Waals surface area contributed by atoms with E-state index in [2.05, 4.69) is 21.7 Å². The topological polar surface area (TPSA) is 37.0 Å². The van der Waals surface area contributed by atoms with E-state index in [-0.39, 0.29) is 0 Å². The molecule has 2 aromatic heterocycles. The molecule has 0 saturated carbocycles. The van der Waals surface area contributed by atoms with Crippen molar-refractivity contribution in [2.24, 2.45) is 0 Å². The van der Waals surface area contributed by atoms with Gasteiger partial charge < -0.3 is 15.0 Å². The number of H-pyrrole nitrogens is 1. The number of thiophene rings is 1. The number of hydrogen-bond donors (Lipinski definition) is 2. The van der Waals surface area contributed by atoms with Crippen LogP contribution >= 0.6 is 34.5 Å². The van der Waals surface area contributed by atoms with Gasteiger partial charge in [0.1, 0.15) is 5.75 Å². The molecule has 1 aromatic carbocycles. The van der Waals surface area contributed by atoms with Crippen LogP contribution in [-0.2, 0) is 0 Å². The molecule has 2 heterocycles. The predicted octanol–water partition coefficient (Wildman–Crippen LogP) is 5.81. The van der Waals surface area contributed by atoms with E-state index in [4.69, 9.17) is 27.9 Å². The van der Waals surface area contributed by atoms with Gasteiger partial charge in [0, 0.05) is 12.7 Å². The lowest BCUT2D eigenvalue weighted by atomic mass is 10.2. The Balaban J connectivity index is 1.49. The third kappa shape index (κ3) is 3.51. The fraction of sp³-hybridized carbons (Fsp3) is 0.250. The van der Waals surface area contributed by atoms with Gasteiger partial charge in [0.25, 0.3) is 0 Å². The number of halogens is 2. The van der Waals surface area contributed by atoms with Crippen molar-refractivity contribution in [3.63, 3.8) is 0 Å². The predicted molar refractivity (Wildman–Crippen MR) is 95.9 cm³/mol. The molecule has 0 unspecified atom stereocenters. The molecule has 0 aliphatic carbocycles. The highest BCUT2D eigenvalue weighted by Gasteiger charge is 2.11. The standard InChI is InChI=1S/C16H16Cl2N2OS/c17-11-5-6-13(15-12(18)10-20-16(11)15)21-8-2-1-7-19-14-4-3-9-22-14/h3-6,9-10,19-20H,1-2,7-8H2. The van der Waals surface area contributed by atoms with Crippen molar-refractivity contribution >= 4 is 50.4 Å². The fourth-order valence-corrected chi connectivity index (χ4v) is 3.36. The van der Waals surface area contributed by atoms with Crippen LogP contribution in [-0.4, -0.2) is 18.1 Å². The van der Waals surface area contributed by atoms with Crippen molar-refractivity contribution in [3.05, 3.63) is 45.9 Å². The zero-order valence-corrected chi connectivity index (χ0v) is 14.2. The summed E-state index contributed by atoms with van der Waals surface area (Å²) in [5, 5.41) is 8.79. The third-order valence-electron chi connectivity index (χ3n) is 3.35. The summed E-state index contributed by atoms with van der Waals surface area (Å²) in [5.74, 6) is 0.775. The van der Waals surface area contributed by atoms with E-state index in [0.29, 0.717) is 16.7 Å². The molecule has 3 nitrogen and oxygen atoms in total. The van der Waals surface area contributed by atoms with Gasteiger partial charge in [-0.05, 0) is 42.5 Å². The lowest BCUT2D eigenvalue weighted by molar-refractivity contribution is 0.312. The van der Waals surface area contributed by atoms with Crippen LogP contribution in [0.2, 0.25) is 10.0 Å². The number of hydrogen-bond acceptors (Lipinski definition) is 3. The Hall–Kier alpha value is -1.36. The number of aromatic nitrogens is 1. The average Bonchev–Trinajstić information content (AvgIpc) is 3.15. The Morgan fingerprint density at radius 3 is 2.86 bits per heavy atom. The number of aromatic amines is 1. The van der Waals surface area contributed by atoms with Gasteiger partial charge in [-0.15, -0.1) is 11.3 Å². The largest absolute Gasteiger partial charge is 0.493 e. The van der Waals surface area contributed by atoms with Gasteiger partial charge in [0.2, 0.25) is 0 Å². The molecule has 0 aliphatic rings. The summed E-state index contributed by atoms with van der Waals surface area (Å²) in [6.45, 7) is 1.61. The van der Waals surface area contributed by atoms with Crippen LogP contribution in [0.15, 0.2) is 35.8 Å². The molecule has 2 N–H and O–H groups in total. The number of ether oxygens (including phenoxy) is 1. The zero-order valence-electron chi connectivity index (χ0n) is 11.9. The molecular weight excluding hydrogens is 339 g/mol. The smallest absolute Gasteiger partial charge is 0.130 e. The molecular formula is C16H16Cl2N2OS. The second-order valence-electron chi connectivity index (χ2n) is 4.89. The minimum atomic E-state index is 0.631. The first-order valence-corrected chi connectivity index (χ1v) is 8.74. The van der Waals surface area contributed by atoms with Gasteiger partial charge in [-0.25, -0.2) is 0 Å².